The van der Waals surface area contributed by atoms with Gasteiger partial charge < -0.3 is 5.32 Å². The van der Waals surface area contributed by atoms with Gasteiger partial charge in [0.05, 0.1) is 23.8 Å². The number of alkyl halides is 2. The van der Waals surface area contributed by atoms with Crippen LogP contribution in [-0.4, -0.2) is 27.2 Å². The number of hydrogen-bond acceptors (Lipinski definition) is 3. The summed E-state index contributed by atoms with van der Waals surface area (Å²) in [6.45, 7) is 4.83. The molecule has 0 amide bonds. The summed E-state index contributed by atoms with van der Waals surface area (Å²) in [4.78, 5) is 3.94. The van der Waals surface area contributed by atoms with Crippen LogP contribution in [0.3, 0.4) is 0 Å². The second-order valence-corrected chi connectivity index (χ2v) is 5.37. The molecular weight excluding hydrogens is 262 g/mol. The first kappa shape index (κ1) is 14.4. The van der Waals surface area contributed by atoms with Crippen LogP contribution in [0.25, 0.3) is 5.69 Å². The minimum Gasteiger partial charge on any atom is -0.379 e. The number of nitrogens with zero attached hydrogens (tertiary/aromatic N) is 3. The molecule has 20 heavy (non-hydrogen) atoms. The second kappa shape index (κ2) is 5.56. The van der Waals surface area contributed by atoms with Gasteiger partial charge in [-0.15, -0.1) is 0 Å². The third-order valence-corrected chi connectivity index (χ3v) is 3.57. The minimum atomic E-state index is -2.39. The van der Waals surface area contributed by atoms with E-state index < -0.39 is 11.8 Å². The summed E-state index contributed by atoms with van der Waals surface area (Å²) in [5.74, 6) is 0. The van der Waals surface area contributed by atoms with Crippen molar-refractivity contribution < 1.29 is 8.78 Å². The lowest BCUT2D eigenvalue weighted by molar-refractivity contribution is 0.0105. The molecule has 4 nitrogen and oxygen atoms in total. The summed E-state index contributed by atoms with van der Waals surface area (Å²) in [6, 6.07) is 3.27. The molecule has 2 aromatic rings. The molecule has 108 valence electrons. The minimum absolute atomic E-state index is 0.377. The van der Waals surface area contributed by atoms with Crippen molar-refractivity contribution in [1.82, 2.24) is 14.8 Å². The maximum Gasteiger partial charge on any atom is 0.245 e. The van der Waals surface area contributed by atoms with Crippen LogP contribution < -0.4 is 5.32 Å². The molecule has 0 spiro atoms. The van der Waals surface area contributed by atoms with Crippen molar-refractivity contribution in [3.63, 3.8) is 0 Å². The first-order valence-electron chi connectivity index (χ1n) is 6.41. The van der Waals surface area contributed by atoms with E-state index in [-0.39, 0.29) is 6.04 Å². The topological polar surface area (TPSA) is 42.7 Å². The average Bonchev–Trinajstić information content (AvgIpc) is 2.88. The van der Waals surface area contributed by atoms with Gasteiger partial charge in [0, 0.05) is 23.9 Å². The molecule has 0 saturated heterocycles. The Bertz CT molecular complexity index is 551. The molecule has 0 fully saturated rings. The zero-order valence-electron chi connectivity index (χ0n) is 11.7. The summed E-state index contributed by atoms with van der Waals surface area (Å²) in [5.41, 5.74) is 0.468. The predicted octanol–water partition coefficient (Wildman–Crippen LogP) is 3.36. The van der Waals surface area contributed by atoms with Gasteiger partial charge in [-0.2, -0.15) is 5.10 Å². The Morgan fingerprint density at radius 2 is 1.90 bits per heavy atom. The van der Waals surface area contributed by atoms with Crippen LogP contribution >= 0.6 is 0 Å². The van der Waals surface area contributed by atoms with Crippen LogP contribution in [0.1, 0.15) is 20.8 Å². The maximum atomic E-state index is 13.0. The highest BCUT2D eigenvalue weighted by Crippen LogP contribution is 2.30. The van der Waals surface area contributed by atoms with E-state index in [0.717, 1.165) is 5.69 Å². The van der Waals surface area contributed by atoms with Crippen molar-refractivity contribution in [2.75, 3.05) is 5.32 Å². The molecule has 2 rings (SSSR count). The van der Waals surface area contributed by atoms with Gasteiger partial charge in [-0.1, -0.05) is 13.8 Å². The molecule has 0 aliphatic rings. The SMILES string of the molecule is CC(Nc1cnn(-c2ccncc2)c1)C(C)(C)C(F)F. The first-order valence-corrected chi connectivity index (χ1v) is 6.41. The molecule has 1 unspecified atom stereocenters. The summed E-state index contributed by atoms with van der Waals surface area (Å²) >= 11 is 0. The van der Waals surface area contributed by atoms with Gasteiger partial charge in [0.2, 0.25) is 6.43 Å². The standard InChI is InChI=1S/C14H18F2N4/c1-10(14(2,3)13(15)16)19-11-8-18-20(9-11)12-4-6-17-7-5-12/h4-10,13,19H,1-3H3. The molecule has 0 aliphatic heterocycles. The van der Waals surface area contributed by atoms with Crippen LogP contribution in [-0.2, 0) is 0 Å². The van der Waals surface area contributed by atoms with Crippen molar-refractivity contribution in [3.8, 4) is 5.69 Å². The maximum absolute atomic E-state index is 13.0. The van der Waals surface area contributed by atoms with E-state index in [1.807, 2.05) is 12.1 Å². The van der Waals surface area contributed by atoms with Crippen LogP contribution in [0.4, 0.5) is 14.5 Å². The van der Waals surface area contributed by atoms with Crippen molar-refractivity contribution in [1.29, 1.82) is 0 Å². The normalized spacial score (nSPS) is 13.5. The van der Waals surface area contributed by atoms with Crippen LogP contribution in [0.2, 0.25) is 0 Å². The van der Waals surface area contributed by atoms with Crippen molar-refractivity contribution in [2.45, 2.75) is 33.2 Å². The molecule has 2 heterocycles. The Kier molecular flexibility index (Phi) is 4.01. The van der Waals surface area contributed by atoms with Crippen molar-refractivity contribution in [3.05, 3.63) is 36.9 Å². The van der Waals surface area contributed by atoms with E-state index in [1.165, 1.54) is 0 Å². The largest absolute Gasteiger partial charge is 0.379 e. The van der Waals surface area contributed by atoms with Crippen LogP contribution in [0.5, 0.6) is 0 Å². The highest BCUT2D eigenvalue weighted by molar-refractivity contribution is 5.43. The quantitative estimate of drug-likeness (QED) is 0.913. The Hall–Kier alpha value is -1.98. The summed E-state index contributed by atoms with van der Waals surface area (Å²) in [5, 5.41) is 7.28. The lowest BCUT2D eigenvalue weighted by Crippen LogP contribution is -2.39. The molecule has 1 N–H and O–H groups in total. The van der Waals surface area contributed by atoms with Crippen molar-refractivity contribution >= 4 is 5.69 Å². The molecule has 0 saturated carbocycles. The van der Waals surface area contributed by atoms with E-state index in [0.29, 0.717) is 5.69 Å². The monoisotopic (exact) mass is 280 g/mol. The van der Waals surface area contributed by atoms with Crippen molar-refractivity contribution in [2.24, 2.45) is 5.41 Å². The van der Waals surface area contributed by atoms with Crippen LogP contribution in [0, 0.1) is 5.41 Å². The smallest absolute Gasteiger partial charge is 0.245 e. The lowest BCUT2D eigenvalue weighted by atomic mass is 9.86. The van der Waals surface area contributed by atoms with Gasteiger partial charge >= 0.3 is 0 Å². The number of hydrogen-bond donors (Lipinski definition) is 1. The van der Waals surface area contributed by atoms with E-state index in [1.54, 1.807) is 50.2 Å². The van der Waals surface area contributed by atoms with E-state index in [4.69, 9.17) is 0 Å². The van der Waals surface area contributed by atoms with Crippen LogP contribution in [0.15, 0.2) is 36.9 Å². The number of rotatable bonds is 5. The molecule has 0 aromatic carbocycles. The third-order valence-electron chi connectivity index (χ3n) is 3.57. The molecule has 6 heteroatoms. The molecule has 1 atom stereocenters. The van der Waals surface area contributed by atoms with Gasteiger partial charge in [-0.25, -0.2) is 13.5 Å². The predicted molar refractivity (Wildman–Crippen MR) is 74.2 cm³/mol. The third kappa shape index (κ3) is 2.95. The zero-order chi connectivity index (χ0) is 14.8. The Balaban J connectivity index is 2.11. The molecule has 0 radical (unpaired) electrons. The van der Waals surface area contributed by atoms with Gasteiger partial charge in [0.1, 0.15) is 0 Å². The average molecular weight is 280 g/mol. The zero-order valence-corrected chi connectivity index (χ0v) is 11.7. The van der Waals surface area contributed by atoms with Gasteiger partial charge in [0.15, 0.2) is 0 Å². The first-order chi connectivity index (χ1) is 9.41. The fourth-order valence-corrected chi connectivity index (χ4v) is 1.66. The van der Waals surface area contributed by atoms with Gasteiger partial charge in [0.25, 0.3) is 0 Å². The molecular formula is C14H18F2N4. The lowest BCUT2D eigenvalue weighted by Gasteiger charge is -2.31. The Morgan fingerprint density at radius 3 is 2.50 bits per heavy atom. The number of aromatic nitrogens is 3. The Labute approximate surface area is 116 Å². The van der Waals surface area contributed by atoms with E-state index >= 15 is 0 Å². The van der Waals surface area contributed by atoms with Gasteiger partial charge in [-0.3, -0.25) is 4.98 Å². The van der Waals surface area contributed by atoms with Gasteiger partial charge in [-0.05, 0) is 19.1 Å². The fourth-order valence-electron chi connectivity index (χ4n) is 1.66. The number of pyridine rings is 1. The summed E-state index contributed by atoms with van der Waals surface area (Å²) < 4.78 is 27.6. The molecule has 2 aromatic heterocycles. The number of halogens is 2. The highest BCUT2D eigenvalue weighted by Gasteiger charge is 2.35. The molecule has 0 bridgehead atoms. The number of nitrogens with one attached hydrogen (secondary N) is 1. The van der Waals surface area contributed by atoms with E-state index in [2.05, 4.69) is 15.4 Å². The Morgan fingerprint density at radius 1 is 1.25 bits per heavy atom. The number of anilines is 1. The highest BCUT2D eigenvalue weighted by atomic mass is 19.3. The summed E-state index contributed by atoms with van der Waals surface area (Å²) in [7, 11) is 0. The summed E-state index contributed by atoms with van der Waals surface area (Å²) in [6.07, 6.45) is 4.35. The second-order valence-electron chi connectivity index (χ2n) is 5.37. The van der Waals surface area contributed by atoms with E-state index in [9.17, 15) is 8.78 Å². The molecule has 0 aliphatic carbocycles. The fraction of sp³-hybridized carbons (Fsp3) is 0.429.